The van der Waals surface area contributed by atoms with Crippen LogP contribution in [0.15, 0.2) is 4.99 Å². The van der Waals surface area contributed by atoms with E-state index in [1.165, 1.54) is 58.0 Å². The highest BCUT2D eigenvalue weighted by atomic mass is 16.5. The number of fused-ring (bicyclic) bond motifs is 2. The van der Waals surface area contributed by atoms with Gasteiger partial charge in [0.1, 0.15) is 0 Å². The average molecular weight is 277 g/mol. The molecule has 2 saturated heterocycles. The minimum atomic E-state index is 0.427. The third kappa shape index (κ3) is 1.73. The van der Waals surface area contributed by atoms with E-state index in [4.69, 9.17) is 4.74 Å². The van der Waals surface area contributed by atoms with Gasteiger partial charge in [-0.1, -0.05) is 12.8 Å². The van der Waals surface area contributed by atoms with Crippen LogP contribution in [-0.2, 0) is 4.74 Å². The predicted molar refractivity (Wildman–Crippen MR) is 79.8 cm³/mol. The van der Waals surface area contributed by atoms with Crippen molar-refractivity contribution in [1.29, 1.82) is 0 Å². The Morgan fingerprint density at radius 3 is 2.65 bits per heavy atom. The molecule has 2 aliphatic carbocycles. The summed E-state index contributed by atoms with van der Waals surface area (Å²) in [5, 5.41) is 3.85. The second kappa shape index (κ2) is 4.90. The quantitative estimate of drug-likeness (QED) is 0.588. The molecule has 0 bridgehead atoms. The Morgan fingerprint density at radius 1 is 1.20 bits per heavy atom. The van der Waals surface area contributed by atoms with Crippen molar-refractivity contribution in [1.82, 2.24) is 10.2 Å². The molecule has 4 aliphatic rings. The monoisotopic (exact) mass is 277 g/mol. The standard InChI is InChI=1S/C16H27N3O/c1-17-15(19-9-4-5-10-19)18-13-12-6-11-20-14(12)16(13)7-2-3-8-16/h12-14H,2-11H2,1H3,(H,17,18). The first-order chi connectivity index (χ1) is 9.85. The molecule has 112 valence electrons. The lowest BCUT2D eigenvalue weighted by Crippen LogP contribution is -2.69. The molecule has 3 unspecified atom stereocenters. The van der Waals surface area contributed by atoms with Crippen LogP contribution in [0.5, 0.6) is 0 Å². The number of nitrogens with zero attached hydrogens (tertiary/aromatic N) is 2. The Balaban J connectivity index is 1.51. The molecule has 1 N–H and O–H groups in total. The second-order valence-corrected chi connectivity index (χ2v) is 7.05. The number of guanidine groups is 1. The Bertz CT molecular complexity index is 397. The van der Waals surface area contributed by atoms with Crippen molar-refractivity contribution in [2.75, 3.05) is 26.7 Å². The van der Waals surface area contributed by atoms with Crippen molar-refractivity contribution in [3.63, 3.8) is 0 Å². The largest absolute Gasteiger partial charge is 0.377 e. The molecular formula is C16H27N3O. The second-order valence-electron chi connectivity index (χ2n) is 7.05. The van der Waals surface area contributed by atoms with Gasteiger partial charge in [-0.05, 0) is 32.1 Å². The summed E-state index contributed by atoms with van der Waals surface area (Å²) in [6.45, 7) is 3.31. The van der Waals surface area contributed by atoms with E-state index >= 15 is 0 Å². The van der Waals surface area contributed by atoms with Crippen molar-refractivity contribution >= 4 is 5.96 Å². The Labute approximate surface area is 122 Å². The summed E-state index contributed by atoms with van der Waals surface area (Å²) in [5.74, 6) is 1.87. The summed E-state index contributed by atoms with van der Waals surface area (Å²) in [7, 11) is 1.93. The van der Waals surface area contributed by atoms with Crippen molar-refractivity contribution in [3.8, 4) is 0 Å². The number of aliphatic imine (C=N–C) groups is 1. The normalized spacial score (nSPS) is 39.1. The summed E-state index contributed by atoms with van der Waals surface area (Å²) < 4.78 is 6.07. The highest BCUT2D eigenvalue weighted by molar-refractivity contribution is 5.80. The van der Waals surface area contributed by atoms with Crippen LogP contribution < -0.4 is 5.32 Å². The number of hydrogen-bond acceptors (Lipinski definition) is 2. The maximum Gasteiger partial charge on any atom is 0.193 e. The summed E-state index contributed by atoms with van der Waals surface area (Å²) >= 11 is 0. The van der Waals surface area contributed by atoms with E-state index in [0.717, 1.165) is 18.5 Å². The third-order valence-electron chi connectivity index (χ3n) is 6.19. The number of likely N-dealkylation sites (tertiary alicyclic amines) is 1. The van der Waals surface area contributed by atoms with Crippen molar-refractivity contribution in [3.05, 3.63) is 0 Å². The summed E-state index contributed by atoms with van der Waals surface area (Å²) in [6, 6.07) is 0.608. The van der Waals surface area contributed by atoms with Crippen molar-refractivity contribution < 1.29 is 4.74 Å². The molecule has 4 nitrogen and oxygen atoms in total. The molecule has 0 amide bonds. The van der Waals surface area contributed by atoms with E-state index in [1.54, 1.807) is 0 Å². The molecule has 2 aliphatic heterocycles. The average Bonchev–Trinajstić information content (AvgIpc) is 3.20. The van der Waals surface area contributed by atoms with Crippen LogP contribution in [-0.4, -0.2) is 49.7 Å². The number of ether oxygens (including phenoxy) is 1. The molecule has 1 spiro atoms. The summed E-state index contributed by atoms with van der Waals surface area (Å²) in [4.78, 5) is 6.99. The first-order valence-corrected chi connectivity index (χ1v) is 8.45. The zero-order valence-corrected chi connectivity index (χ0v) is 12.6. The highest BCUT2D eigenvalue weighted by Gasteiger charge is 2.65. The molecule has 4 rings (SSSR count). The van der Waals surface area contributed by atoms with Gasteiger partial charge in [0.2, 0.25) is 0 Å². The Morgan fingerprint density at radius 2 is 1.95 bits per heavy atom. The van der Waals surface area contributed by atoms with E-state index < -0.39 is 0 Å². The first kappa shape index (κ1) is 12.9. The fraction of sp³-hybridized carbons (Fsp3) is 0.938. The van der Waals surface area contributed by atoms with Crippen LogP contribution in [0.4, 0.5) is 0 Å². The minimum absolute atomic E-state index is 0.427. The van der Waals surface area contributed by atoms with Crippen LogP contribution in [0.1, 0.15) is 44.9 Å². The maximum atomic E-state index is 6.07. The lowest BCUT2D eigenvalue weighted by Gasteiger charge is -2.57. The van der Waals surface area contributed by atoms with Gasteiger partial charge < -0.3 is 15.0 Å². The number of rotatable bonds is 1. The van der Waals surface area contributed by atoms with Gasteiger partial charge in [0.25, 0.3) is 0 Å². The Hall–Kier alpha value is -0.770. The zero-order valence-electron chi connectivity index (χ0n) is 12.6. The zero-order chi connectivity index (χ0) is 13.6. The first-order valence-electron chi connectivity index (χ1n) is 8.45. The van der Waals surface area contributed by atoms with Gasteiger partial charge in [0, 0.05) is 44.1 Å². The fourth-order valence-corrected chi connectivity index (χ4v) is 5.27. The van der Waals surface area contributed by atoms with Crippen molar-refractivity contribution in [2.45, 2.75) is 57.1 Å². The summed E-state index contributed by atoms with van der Waals surface area (Å²) in [6.07, 6.45) is 9.86. The lowest BCUT2D eigenvalue weighted by molar-refractivity contribution is -0.125. The smallest absolute Gasteiger partial charge is 0.193 e. The van der Waals surface area contributed by atoms with Crippen LogP contribution in [0.2, 0.25) is 0 Å². The number of hydrogen-bond donors (Lipinski definition) is 1. The van der Waals surface area contributed by atoms with Crippen LogP contribution >= 0.6 is 0 Å². The van der Waals surface area contributed by atoms with Crippen LogP contribution in [0.3, 0.4) is 0 Å². The van der Waals surface area contributed by atoms with E-state index in [2.05, 4.69) is 15.2 Å². The molecule has 4 heteroatoms. The third-order valence-corrected chi connectivity index (χ3v) is 6.19. The van der Waals surface area contributed by atoms with Gasteiger partial charge in [-0.25, -0.2) is 0 Å². The molecule has 0 aromatic heterocycles. The van der Waals surface area contributed by atoms with Gasteiger partial charge in [0.15, 0.2) is 5.96 Å². The topological polar surface area (TPSA) is 36.9 Å². The lowest BCUT2D eigenvalue weighted by atomic mass is 9.54. The molecule has 0 aromatic rings. The molecule has 0 radical (unpaired) electrons. The van der Waals surface area contributed by atoms with E-state index in [9.17, 15) is 0 Å². The van der Waals surface area contributed by atoms with Gasteiger partial charge in [-0.2, -0.15) is 0 Å². The molecule has 2 saturated carbocycles. The number of nitrogens with one attached hydrogen (secondary N) is 1. The van der Waals surface area contributed by atoms with Gasteiger partial charge in [-0.3, -0.25) is 4.99 Å². The molecule has 0 aromatic carbocycles. The van der Waals surface area contributed by atoms with Gasteiger partial charge >= 0.3 is 0 Å². The van der Waals surface area contributed by atoms with E-state index in [0.29, 0.717) is 17.6 Å². The molecule has 2 heterocycles. The SMILES string of the molecule is CN=C(NC1C2CCOC2C12CCCC2)N1CCCC1. The summed E-state index contributed by atoms with van der Waals surface area (Å²) in [5.41, 5.74) is 0.427. The highest BCUT2D eigenvalue weighted by Crippen LogP contribution is 2.60. The molecule has 3 atom stereocenters. The van der Waals surface area contributed by atoms with Crippen molar-refractivity contribution in [2.24, 2.45) is 16.3 Å². The molecular weight excluding hydrogens is 250 g/mol. The molecule has 4 fully saturated rings. The van der Waals surface area contributed by atoms with Gasteiger partial charge in [0.05, 0.1) is 6.10 Å². The van der Waals surface area contributed by atoms with Gasteiger partial charge in [-0.15, -0.1) is 0 Å². The van der Waals surface area contributed by atoms with Crippen LogP contribution in [0, 0.1) is 11.3 Å². The fourth-order valence-electron chi connectivity index (χ4n) is 5.27. The van der Waals surface area contributed by atoms with E-state index in [-0.39, 0.29) is 0 Å². The molecule has 20 heavy (non-hydrogen) atoms. The predicted octanol–water partition coefficient (Wildman–Crippen LogP) is 2.01. The maximum absolute atomic E-state index is 6.07. The van der Waals surface area contributed by atoms with Crippen LogP contribution in [0.25, 0.3) is 0 Å². The van der Waals surface area contributed by atoms with E-state index in [1.807, 2.05) is 7.05 Å². The minimum Gasteiger partial charge on any atom is -0.377 e. The Kier molecular flexibility index (Phi) is 3.17.